The van der Waals surface area contributed by atoms with Crippen LogP contribution >= 0.6 is 0 Å². The van der Waals surface area contributed by atoms with Gasteiger partial charge in [-0.15, -0.1) is 0 Å². The number of fused-ring (bicyclic) bond motifs is 2. The molecule has 0 unspecified atom stereocenters. The van der Waals surface area contributed by atoms with Gasteiger partial charge < -0.3 is 9.80 Å². The topological polar surface area (TPSA) is 6.48 Å². The smallest absolute Gasteiger partial charge is 0.0468 e. The van der Waals surface area contributed by atoms with E-state index in [1.54, 1.807) is 0 Å². The number of aryl methyl sites for hydroxylation is 2. The second kappa shape index (κ2) is 17.6. The molecule has 66 heavy (non-hydrogen) atoms. The van der Waals surface area contributed by atoms with Crippen molar-refractivity contribution in [2.45, 2.75) is 13.8 Å². The lowest BCUT2D eigenvalue weighted by molar-refractivity contribution is 1.28. The highest BCUT2D eigenvalue weighted by Gasteiger charge is 2.22. The van der Waals surface area contributed by atoms with E-state index in [2.05, 4.69) is 278 Å². The average Bonchev–Trinajstić information content (AvgIpc) is 3.38. The number of hydrogen-bond acceptors (Lipinski definition) is 2. The number of nitrogens with zero attached hydrogens (tertiary/aromatic N) is 2. The van der Waals surface area contributed by atoms with Gasteiger partial charge in [0.25, 0.3) is 0 Å². The first-order valence-corrected chi connectivity index (χ1v) is 22.7. The van der Waals surface area contributed by atoms with Gasteiger partial charge in [-0.3, -0.25) is 0 Å². The van der Waals surface area contributed by atoms with Gasteiger partial charge in [0.1, 0.15) is 0 Å². The molecule has 0 spiro atoms. The van der Waals surface area contributed by atoms with Crippen molar-refractivity contribution in [3.63, 3.8) is 0 Å². The van der Waals surface area contributed by atoms with Crippen LogP contribution in [0.25, 0.3) is 66.1 Å². The van der Waals surface area contributed by atoms with E-state index in [4.69, 9.17) is 0 Å². The molecule has 0 heterocycles. The van der Waals surface area contributed by atoms with Crippen LogP contribution in [-0.4, -0.2) is 0 Å². The quantitative estimate of drug-likeness (QED) is 0.127. The molecule has 0 aliphatic rings. The van der Waals surface area contributed by atoms with Gasteiger partial charge in [-0.1, -0.05) is 193 Å². The third-order valence-electron chi connectivity index (χ3n) is 12.8. The number of anilines is 6. The number of benzene rings is 11. The first-order chi connectivity index (χ1) is 32.6. The Morgan fingerprint density at radius 2 is 0.485 bits per heavy atom. The Labute approximate surface area is 388 Å². The number of hydrogen-bond donors (Lipinski definition) is 0. The monoisotopic (exact) mass is 844 g/mol. The maximum atomic E-state index is 2.42. The first kappa shape index (κ1) is 40.3. The first-order valence-electron chi connectivity index (χ1n) is 22.7. The normalized spacial score (nSPS) is 11.2. The summed E-state index contributed by atoms with van der Waals surface area (Å²) in [7, 11) is 0. The predicted octanol–water partition coefficient (Wildman–Crippen LogP) is 18.2. The van der Waals surface area contributed by atoms with Crippen LogP contribution in [0, 0.1) is 13.8 Å². The highest BCUT2D eigenvalue weighted by molar-refractivity contribution is 6.22. The average molecular weight is 845 g/mol. The van der Waals surface area contributed by atoms with Crippen LogP contribution in [0.3, 0.4) is 0 Å². The summed E-state index contributed by atoms with van der Waals surface area (Å²) in [4.78, 5) is 4.75. The zero-order valence-corrected chi connectivity index (χ0v) is 37.1. The number of para-hydroxylation sites is 2. The van der Waals surface area contributed by atoms with Crippen molar-refractivity contribution < 1.29 is 0 Å². The molecule has 0 aliphatic carbocycles. The van der Waals surface area contributed by atoms with E-state index in [-0.39, 0.29) is 0 Å². The predicted molar refractivity (Wildman–Crippen MR) is 282 cm³/mol. The number of rotatable bonds is 10. The van der Waals surface area contributed by atoms with Crippen LogP contribution in [0.2, 0.25) is 0 Å². The molecule has 11 aromatic carbocycles. The zero-order chi connectivity index (χ0) is 44.4. The summed E-state index contributed by atoms with van der Waals surface area (Å²) in [6.45, 7) is 4.29. The molecule has 11 rings (SSSR count). The van der Waals surface area contributed by atoms with Crippen molar-refractivity contribution in [2.75, 3.05) is 9.80 Å². The van der Waals surface area contributed by atoms with Crippen molar-refractivity contribution >= 4 is 55.7 Å². The molecular weight excluding hydrogens is 797 g/mol. The van der Waals surface area contributed by atoms with Crippen LogP contribution in [0.1, 0.15) is 11.1 Å². The van der Waals surface area contributed by atoms with E-state index >= 15 is 0 Å². The van der Waals surface area contributed by atoms with E-state index in [1.165, 1.54) is 77.2 Å². The van der Waals surface area contributed by atoms with Crippen molar-refractivity contribution in [1.29, 1.82) is 0 Å². The Balaban J connectivity index is 1.22. The van der Waals surface area contributed by atoms with Crippen LogP contribution in [0.15, 0.2) is 255 Å². The molecule has 0 aliphatic heterocycles. The lowest BCUT2D eigenvalue weighted by Gasteiger charge is -2.28. The molecular formula is C64H48N2. The molecule has 314 valence electrons. The summed E-state index contributed by atoms with van der Waals surface area (Å²) >= 11 is 0. The van der Waals surface area contributed by atoms with Crippen LogP contribution in [-0.2, 0) is 0 Å². The molecule has 0 atom stereocenters. The van der Waals surface area contributed by atoms with Crippen LogP contribution in [0.5, 0.6) is 0 Å². The molecule has 0 N–H and O–H groups in total. The Morgan fingerprint density at radius 1 is 0.212 bits per heavy atom. The van der Waals surface area contributed by atoms with Crippen molar-refractivity contribution in [1.82, 2.24) is 0 Å². The Morgan fingerprint density at radius 3 is 0.833 bits per heavy atom. The Hall–Kier alpha value is -8.46. The third-order valence-corrected chi connectivity index (χ3v) is 12.8. The summed E-state index contributed by atoms with van der Waals surface area (Å²) in [6, 6.07) is 92.9. The second-order valence-electron chi connectivity index (χ2n) is 17.1. The van der Waals surface area contributed by atoms with Gasteiger partial charge in [0, 0.05) is 34.1 Å². The summed E-state index contributed by atoms with van der Waals surface area (Å²) in [5.74, 6) is 0. The Bertz CT molecular complexity index is 3180. The largest absolute Gasteiger partial charge is 0.310 e. The highest BCUT2D eigenvalue weighted by atomic mass is 15.1. The van der Waals surface area contributed by atoms with Gasteiger partial charge in [-0.05, 0) is 153 Å². The minimum atomic E-state index is 1.09. The maximum Gasteiger partial charge on any atom is 0.0468 e. The molecule has 0 bridgehead atoms. The molecule has 0 amide bonds. The molecule has 0 saturated carbocycles. The lowest BCUT2D eigenvalue weighted by atomic mass is 9.84. The minimum Gasteiger partial charge on any atom is -0.310 e. The van der Waals surface area contributed by atoms with Crippen molar-refractivity contribution in [2.24, 2.45) is 0 Å². The fourth-order valence-corrected chi connectivity index (χ4v) is 9.46. The van der Waals surface area contributed by atoms with E-state index in [1.807, 2.05) is 0 Å². The highest BCUT2D eigenvalue weighted by Crippen LogP contribution is 2.49. The van der Waals surface area contributed by atoms with Gasteiger partial charge in [-0.25, -0.2) is 0 Å². The molecule has 0 saturated heterocycles. The SMILES string of the molecule is Cc1ccc(N(c2ccccc2)c2ccc3c(-c4ccc(-c5ccccc5)cc4)c4cc(N(c5ccccc5)c5ccc(C)cc5)ccc4c(-c4ccc(-c5ccccc5)cc4)c3c2)cc1. The van der Waals surface area contributed by atoms with E-state index in [0.29, 0.717) is 0 Å². The zero-order valence-electron chi connectivity index (χ0n) is 37.1. The minimum absolute atomic E-state index is 1.09. The van der Waals surface area contributed by atoms with Crippen LogP contribution < -0.4 is 9.80 Å². The second-order valence-corrected chi connectivity index (χ2v) is 17.1. The molecule has 0 aromatic heterocycles. The van der Waals surface area contributed by atoms with Gasteiger partial charge >= 0.3 is 0 Å². The van der Waals surface area contributed by atoms with Crippen LogP contribution in [0.4, 0.5) is 34.1 Å². The summed E-state index contributed by atoms with van der Waals surface area (Å²) in [6.07, 6.45) is 0. The lowest BCUT2D eigenvalue weighted by Crippen LogP contribution is -2.10. The fourth-order valence-electron chi connectivity index (χ4n) is 9.46. The van der Waals surface area contributed by atoms with E-state index in [9.17, 15) is 0 Å². The standard InChI is InChI=1S/C64H48N2/c1-45-23-35-55(36-24-45)65(53-19-11-5-12-20-53)57-39-41-59-61(43-57)63(51-31-27-49(28-32-51)47-15-7-3-8-16-47)60-42-40-58(66(54-21-13-6-14-22-54)56-37-25-46(2)26-38-56)44-62(60)64(59)52-33-29-50(30-34-52)48-17-9-4-10-18-48/h3-44H,1-2H3. The van der Waals surface area contributed by atoms with E-state index in [0.717, 1.165) is 34.1 Å². The summed E-state index contributed by atoms with van der Waals surface area (Å²) < 4.78 is 0. The summed E-state index contributed by atoms with van der Waals surface area (Å²) in [5.41, 5.74) is 18.6. The van der Waals surface area contributed by atoms with Gasteiger partial charge in [0.05, 0.1) is 0 Å². The van der Waals surface area contributed by atoms with Crippen molar-refractivity contribution in [3.8, 4) is 44.5 Å². The molecule has 2 heteroatoms. The maximum absolute atomic E-state index is 2.42. The van der Waals surface area contributed by atoms with E-state index < -0.39 is 0 Å². The van der Waals surface area contributed by atoms with Gasteiger partial charge in [-0.2, -0.15) is 0 Å². The van der Waals surface area contributed by atoms with Gasteiger partial charge in [0.2, 0.25) is 0 Å². The molecule has 11 aromatic rings. The fraction of sp³-hybridized carbons (Fsp3) is 0.0312. The third kappa shape index (κ3) is 7.80. The van der Waals surface area contributed by atoms with Crippen molar-refractivity contribution in [3.05, 3.63) is 266 Å². The molecule has 0 radical (unpaired) electrons. The summed E-state index contributed by atoms with van der Waals surface area (Å²) in [5, 5.41) is 4.76. The molecule has 0 fully saturated rings. The van der Waals surface area contributed by atoms with Gasteiger partial charge in [0.15, 0.2) is 0 Å². The molecule has 2 nitrogen and oxygen atoms in total. The Kier molecular flexibility index (Phi) is 10.8.